The van der Waals surface area contributed by atoms with E-state index in [-0.39, 0.29) is 5.91 Å². The first-order chi connectivity index (χ1) is 8.06. The molecular weight excluding hydrogens is 210 g/mol. The van der Waals surface area contributed by atoms with Gasteiger partial charge in [-0.25, -0.2) is 0 Å². The molecule has 0 aliphatic rings. The maximum Gasteiger partial charge on any atom is 0.251 e. The van der Waals surface area contributed by atoms with Crippen molar-refractivity contribution in [1.29, 1.82) is 0 Å². The molecule has 0 bridgehead atoms. The Morgan fingerprint density at radius 1 is 1.12 bits per heavy atom. The van der Waals surface area contributed by atoms with Crippen LogP contribution in [0.2, 0.25) is 0 Å². The molecule has 0 saturated carbocycles. The third-order valence-corrected chi connectivity index (χ3v) is 3.19. The number of rotatable bonds is 5. The van der Waals surface area contributed by atoms with Crippen LogP contribution >= 0.6 is 0 Å². The maximum absolute atomic E-state index is 12.0. The molecule has 1 aromatic carbocycles. The van der Waals surface area contributed by atoms with Gasteiger partial charge in [0.2, 0.25) is 0 Å². The third-order valence-electron chi connectivity index (χ3n) is 3.19. The lowest BCUT2D eigenvalue weighted by molar-refractivity contribution is 0.0946. The molecule has 0 aliphatic carbocycles. The quantitative estimate of drug-likeness (QED) is 0.829. The van der Waals surface area contributed by atoms with Crippen LogP contribution in [0.25, 0.3) is 0 Å². The third kappa shape index (κ3) is 4.22. The van der Waals surface area contributed by atoms with Gasteiger partial charge in [-0.15, -0.1) is 0 Å². The highest BCUT2D eigenvalue weighted by Crippen LogP contribution is 2.10. The smallest absolute Gasteiger partial charge is 0.251 e. The molecule has 2 heteroatoms. The van der Waals surface area contributed by atoms with Crippen LogP contribution in [0, 0.1) is 19.8 Å². The van der Waals surface area contributed by atoms with Gasteiger partial charge in [-0.1, -0.05) is 43.9 Å². The van der Waals surface area contributed by atoms with Gasteiger partial charge in [0.25, 0.3) is 5.91 Å². The fourth-order valence-corrected chi connectivity index (χ4v) is 2.02. The highest BCUT2D eigenvalue weighted by Gasteiger charge is 2.09. The van der Waals surface area contributed by atoms with Crippen LogP contribution in [0.15, 0.2) is 18.2 Å². The van der Waals surface area contributed by atoms with E-state index in [2.05, 4.69) is 25.2 Å². The van der Waals surface area contributed by atoms with Crippen molar-refractivity contribution in [3.05, 3.63) is 34.9 Å². The van der Waals surface area contributed by atoms with Gasteiger partial charge in [0.15, 0.2) is 0 Å². The van der Waals surface area contributed by atoms with Crippen molar-refractivity contribution in [3.8, 4) is 0 Å². The predicted molar refractivity (Wildman–Crippen MR) is 72.3 cm³/mol. The minimum atomic E-state index is 0.0451. The van der Waals surface area contributed by atoms with Gasteiger partial charge in [0.1, 0.15) is 0 Å². The number of hydrogen-bond acceptors (Lipinski definition) is 1. The van der Waals surface area contributed by atoms with E-state index in [0.717, 1.165) is 36.1 Å². The Hall–Kier alpha value is -1.31. The largest absolute Gasteiger partial charge is 0.352 e. The number of carbonyl (C=O) groups excluding carboxylic acids is 1. The molecule has 0 aromatic heterocycles. The highest BCUT2D eigenvalue weighted by atomic mass is 16.1. The summed E-state index contributed by atoms with van der Waals surface area (Å²) < 4.78 is 0. The van der Waals surface area contributed by atoms with Crippen LogP contribution in [-0.2, 0) is 0 Å². The van der Waals surface area contributed by atoms with Gasteiger partial charge in [-0.05, 0) is 31.9 Å². The average molecular weight is 233 g/mol. The van der Waals surface area contributed by atoms with Crippen molar-refractivity contribution in [1.82, 2.24) is 5.32 Å². The molecule has 0 heterocycles. The Kier molecular flexibility index (Phi) is 5.20. The van der Waals surface area contributed by atoms with Gasteiger partial charge in [0.05, 0.1) is 0 Å². The molecule has 0 fully saturated rings. The van der Waals surface area contributed by atoms with E-state index in [1.54, 1.807) is 0 Å². The van der Waals surface area contributed by atoms with E-state index < -0.39 is 0 Å². The molecule has 0 radical (unpaired) electrons. The molecule has 1 rings (SSSR count). The van der Waals surface area contributed by atoms with Crippen molar-refractivity contribution >= 4 is 5.91 Å². The fourth-order valence-electron chi connectivity index (χ4n) is 2.02. The second-order valence-corrected chi connectivity index (χ2v) is 4.77. The predicted octanol–water partition coefficient (Wildman–Crippen LogP) is 3.47. The first kappa shape index (κ1) is 13.8. The number of carbonyl (C=O) groups is 1. The van der Waals surface area contributed by atoms with E-state index in [1.807, 2.05) is 26.0 Å². The van der Waals surface area contributed by atoms with Crippen LogP contribution in [0.1, 0.15) is 48.2 Å². The summed E-state index contributed by atoms with van der Waals surface area (Å²) in [7, 11) is 0. The zero-order chi connectivity index (χ0) is 12.8. The van der Waals surface area contributed by atoms with E-state index in [4.69, 9.17) is 0 Å². The van der Waals surface area contributed by atoms with Crippen molar-refractivity contribution < 1.29 is 4.79 Å². The highest BCUT2D eigenvalue weighted by molar-refractivity contribution is 5.94. The number of benzene rings is 1. The van der Waals surface area contributed by atoms with Crippen LogP contribution in [0.4, 0.5) is 0 Å². The average Bonchev–Trinajstić information content (AvgIpc) is 2.28. The molecule has 0 atom stereocenters. The molecule has 1 aromatic rings. The summed E-state index contributed by atoms with van der Waals surface area (Å²) in [5, 5.41) is 3.02. The molecule has 2 nitrogen and oxygen atoms in total. The summed E-state index contributed by atoms with van der Waals surface area (Å²) in [6, 6.07) is 5.96. The van der Waals surface area contributed by atoms with E-state index >= 15 is 0 Å². The van der Waals surface area contributed by atoms with Crippen molar-refractivity contribution in [2.75, 3.05) is 6.54 Å². The summed E-state index contributed by atoms with van der Waals surface area (Å²) in [6.07, 6.45) is 2.23. The lowest BCUT2D eigenvalue weighted by atomic mass is 10.0. The second kappa shape index (κ2) is 6.43. The van der Waals surface area contributed by atoms with Crippen LogP contribution in [0.5, 0.6) is 0 Å². The van der Waals surface area contributed by atoms with Gasteiger partial charge < -0.3 is 5.32 Å². The Morgan fingerprint density at radius 3 is 2.12 bits per heavy atom. The SMILES string of the molecule is CCC(CC)CNC(=O)c1cc(C)cc(C)c1. The van der Waals surface area contributed by atoms with E-state index in [9.17, 15) is 4.79 Å². The molecule has 0 unspecified atom stereocenters. The van der Waals surface area contributed by atoms with Gasteiger partial charge in [0, 0.05) is 12.1 Å². The first-order valence-electron chi connectivity index (χ1n) is 6.43. The van der Waals surface area contributed by atoms with Gasteiger partial charge in [-0.2, -0.15) is 0 Å². The molecule has 1 amide bonds. The lowest BCUT2D eigenvalue weighted by Gasteiger charge is -2.13. The van der Waals surface area contributed by atoms with Gasteiger partial charge in [-0.3, -0.25) is 4.79 Å². The van der Waals surface area contributed by atoms with Crippen LogP contribution < -0.4 is 5.32 Å². The molecule has 0 saturated heterocycles. The Bertz CT molecular complexity index is 360. The molecule has 94 valence electrons. The Labute approximate surface area is 104 Å². The summed E-state index contributed by atoms with van der Waals surface area (Å²) in [5.41, 5.74) is 3.05. The zero-order valence-electron chi connectivity index (χ0n) is 11.3. The molecule has 1 N–H and O–H groups in total. The minimum absolute atomic E-state index is 0.0451. The van der Waals surface area contributed by atoms with Crippen molar-refractivity contribution in [2.45, 2.75) is 40.5 Å². The van der Waals surface area contributed by atoms with Gasteiger partial charge >= 0.3 is 0 Å². The standard InChI is InChI=1S/C15H23NO/c1-5-13(6-2)10-16-15(17)14-8-11(3)7-12(4)9-14/h7-9,13H,5-6,10H2,1-4H3,(H,16,17). The number of nitrogens with one attached hydrogen (secondary N) is 1. The maximum atomic E-state index is 12.0. The van der Waals surface area contributed by atoms with Crippen molar-refractivity contribution in [3.63, 3.8) is 0 Å². The zero-order valence-corrected chi connectivity index (χ0v) is 11.3. The Morgan fingerprint density at radius 2 is 1.65 bits per heavy atom. The molecular formula is C15H23NO. The molecule has 17 heavy (non-hydrogen) atoms. The lowest BCUT2D eigenvalue weighted by Crippen LogP contribution is -2.29. The normalized spacial score (nSPS) is 10.6. The minimum Gasteiger partial charge on any atom is -0.352 e. The first-order valence-corrected chi connectivity index (χ1v) is 6.43. The van der Waals surface area contributed by atoms with Crippen LogP contribution in [-0.4, -0.2) is 12.5 Å². The summed E-state index contributed by atoms with van der Waals surface area (Å²) in [5.74, 6) is 0.633. The number of hydrogen-bond donors (Lipinski definition) is 1. The van der Waals surface area contributed by atoms with E-state index in [0.29, 0.717) is 5.92 Å². The monoisotopic (exact) mass is 233 g/mol. The van der Waals surface area contributed by atoms with Crippen molar-refractivity contribution in [2.24, 2.45) is 5.92 Å². The summed E-state index contributed by atoms with van der Waals surface area (Å²) in [6.45, 7) is 9.14. The number of amides is 1. The second-order valence-electron chi connectivity index (χ2n) is 4.77. The Balaban J connectivity index is 2.63. The van der Waals surface area contributed by atoms with Crippen LogP contribution in [0.3, 0.4) is 0 Å². The molecule has 0 aliphatic heterocycles. The summed E-state index contributed by atoms with van der Waals surface area (Å²) in [4.78, 5) is 12.0. The summed E-state index contributed by atoms with van der Waals surface area (Å²) >= 11 is 0. The topological polar surface area (TPSA) is 29.1 Å². The number of aryl methyl sites for hydroxylation is 2. The van der Waals surface area contributed by atoms with E-state index in [1.165, 1.54) is 0 Å². The fraction of sp³-hybridized carbons (Fsp3) is 0.533. The molecule has 0 spiro atoms.